The van der Waals surface area contributed by atoms with Gasteiger partial charge in [0, 0.05) is 25.6 Å². The summed E-state index contributed by atoms with van der Waals surface area (Å²) >= 11 is 0. The average molecular weight is 310 g/mol. The van der Waals surface area contributed by atoms with Gasteiger partial charge < -0.3 is 10.2 Å². The summed E-state index contributed by atoms with van der Waals surface area (Å²) in [4.78, 5) is 22.8. The van der Waals surface area contributed by atoms with E-state index in [1.807, 2.05) is 36.4 Å². The lowest BCUT2D eigenvalue weighted by molar-refractivity contribution is -0.116. The molecule has 0 atom stereocenters. The van der Waals surface area contributed by atoms with Gasteiger partial charge in [-0.25, -0.2) is 9.97 Å². The lowest BCUT2D eigenvalue weighted by Crippen LogP contribution is -2.30. The molecule has 0 radical (unpaired) electrons. The number of piperidine rings is 1. The summed E-state index contributed by atoms with van der Waals surface area (Å²) in [6.45, 7) is 2.05. The highest BCUT2D eigenvalue weighted by Gasteiger charge is 2.13. The average Bonchev–Trinajstić information content (AvgIpc) is 2.62. The monoisotopic (exact) mass is 310 g/mol. The van der Waals surface area contributed by atoms with E-state index in [9.17, 15) is 4.79 Å². The Kier molecular flexibility index (Phi) is 5.19. The van der Waals surface area contributed by atoms with E-state index in [2.05, 4.69) is 20.2 Å². The van der Waals surface area contributed by atoms with Crippen LogP contribution in [-0.4, -0.2) is 29.0 Å². The van der Waals surface area contributed by atoms with Crippen LogP contribution >= 0.6 is 0 Å². The van der Waals surface area contributed by atoms with Gasteiger partial charge in [0.15, 0.2) is 0 Å². The molecule has 5 nitrogen and oxygen atoms in total. The zero-order valence-corrected chi connectivity index (χ0v) is 13.2. The van der Waals surface area contributed by atoms with Gasteiger partial charge in [0.05, 0.1) is 0 Å². The van der Waals surface area contributed by atoms with Crippen molar-refractivity contribution in [1.29, 1.82) is 0 Å². The number of benzene rings is 1. The van der Waals surface area contributed by atoms with E-state index in [0.29, 0.717) is 12.2 Å². The van der Waals surface area contributed by atoms with Crippen molar-refractivity contribution in [2.24, 2.45) is 0 Å². The number of hydrogen-bond acceptors (Lipinski definition) is 4. The number of aromatic nitrogens is 2. The number of nitrogens with zero attached hydrogens (tertiary/aromatic N) is 3. The Morgan fingerprint density at radius 1 is 1.09 bits per heavy atom. The summed E-state index contributed by atoms with van der Waals surface area (Å²) in [6.07, 6.45) is 6.39. The zero-order chi connectivity index (χ0) is 15.9. The molecule has 0 saturated carbocycles. The molecule has 1 saturated heterocycles. The Morgan fingerprint density at radius 3 is 2.65 bits per heavy atom. The molecule has 0 unspecified atom stereocenters. The lowest BCUT2D eigenvalue weighted by Gasteiger charge is -2.27. The predicted octanol–water partition coefficient (Wildman–Crippen LogP) is 3.04. The van der Waals surface area contributed by atoms with Crippen LogP contribution in [0.3, 0.4) is 0 Å². The molecular formula is C18H22N4O. The minimum Gasteiger partial charge on any atom is -0.356 e. The number of aryl methyl sites for hydroxylation is 1. The molecule has 1 N–H and O–H groups in total. The fraction of sp³-hybridized carbons (Fsp3) is 0.389. The SMILES string of the molecule is O=C(CCc1ccccc1)Nc1cc(N2CCCCC2)ncn1. The highest BCUT2D eigenvalue weighted by Crippen LogP contribution is 2.19. The van der Waals surface area contributed by atoms with Crippen LogP contribution in [0.2, 0.25) is 0 Å². The molecule has 1 aromatic heterocycles. The maximum absolute atomic E-state index is 12.1. The molecule has 1 fully saturated rings. The quantitative estimate of drug-likeness (QED) is 0.922. The highest BCUT2D eigenvalue weighted by atomic mass is 16.1. The predicted molar refractivity (Wildman–Crippen MR) is 91.5 cm³/mol. The Morgan fingerprint density at radius 2 is 1.87 bits per heavy atom. The summed E-state index contributed by atoms with van der Waals surface area (Å²) < 4.78 is 0. The smallest absolute Gasteiger partial charge is 0.225 e. The summed E-state index contributed by atoms with van der Waals surface area (Å²) in [6, 6.07) is 11.9. The summed E-state index contributed by atoms with van der Waals surface area (Å²) in [5, 5.41) is 2.87. The molecule has 120 valence electrons. The van der Waals surface area contributed by atoms with Gasteiger partial charge in [-0.15, -0.1) is 0 Å². The Bertz CT molecular complexity index is 638. The van der Waals surface area contributed by atoms with Gasteiger partial charge >= 0.3 is 0 Å². The van der Waals surface area contributed by atoms with Crippen LogP contribution < -0.4 is 10.2 Å². The van der Waals surface area contributed by atoms with E-state index in [1.165, 1.54) is 31.2 Å². The number of hydrogen-bond donors (Lipinski definition) is 1. The third kappa shape index (κ3) is 4.52. The fourth-order valence-electron chi connectivity index (χ4n) is 2.82. The fourth-order valence-corrected chi connectivity index (χ4v) is 2.82. The molecule has 1 amide bonds. The second-order valence-corrected chi connectivity index (χ2v) is 5.84. The Labute approximate surface area is 136 Å². The van der Waals surface area contributed by atoms with E-state index in [4.69, 9.17) is 0 Å². The normalized spacial score (nSPS) is 14.5. The van der Waals surface area contributed by atoms with E-state index >= 15 is 0 Å². The first kappa shape index (κ1) is 15.5. The first-order chi connectivity index (χ1) is 11.3. The number of amides is 1. The molecule has 0 bridgehead atoms. The van der Waals surface area contributed by atoms with Crippen LogP contribution in [0.15, 0.2) is 42.7 Å². The van der Waals surface area contributed by atoms with Crippen molar-refractivity contribution in [3.63, 3.8) is 0 Å². The largest absolute Gasteiger partial charge is 0.356 e. The topological polar surface area (TPSA) is 58.1 Å². The van der Waals surface area contributed by atoms with Gasteiger partial charge in [0.25, 0.3) is 0 Å². The molecule has 0 spiro atoms. The number of rotatable bonds is 5. The van der Waals surface area contributed by atoms with Crippen molar-refractivity contribution in [3.05, 3.63) is 48.3 Å². The van der Waals surface area contributed by atoms with Gasteiger partial charge in [-0.3, -0.25) is 4.79 Å². The second-order valence-electron chi connectivity index (χ2n) is 5.84. The van der Waals surface area contributed by atoms with Crippen molar-refractivity contribution in [3.8, 4) is 0 Å². The van der Waals surface area contributed by atoms with Crippen molar-refractivity contribution in [2.75, 3.05) is 23.3 Å². The molecule has 0 aliphatic carbocycles. The molecule has 5 heteroatoms. The van der Waals surface area contributed by atoms with E-state index in [0.717, 1.165) is 25.3 Å². The van der Waals surface area contributed by atoms with E-state index < -0.39 is 0 Å². The molecule has 3 rings (SSSR count). The van der Waals surface area contributed by atoms with Crippen LogP contribution in [0, 0.1) is 0 Å². The minimum absolute atomic E-state index is 0.0165. The lowest BCUT2D eigenvalue weighted by atomic mass is 10.1. The molecular weight excluding hydrogens is 288 g/mol. The van der Waals surface area contributed by atoms with Crippen LogP contribution in [0.4, 0.5) is 11.6 Å². The maximum atomic E-state index is 12.1. The number of carbonyl (C=O) groups excluding carboxylic acids is 1. The number of carbonyl (C=O) groups is 1. The molecule has 2 heterocycles. The van der Waals surface area contributed by atoms with Crippen LogP contribution in [0.25, 0.3) is 0 Å². The van der Waals surface area contributed by atoms with Gasteiger partial charge in [0.1, 0.15) is 18.0 Å². The van der Waals surface area contributed by atoms with Crippen LogP contribution in [-0.2, 0) is 11.2 Å². The summed E-state index contributed by atoms with van der Waals surface area (Å²) in [5.74, 6) is 1.47. The van der Waals surface area contributed by atoms with Gasteiger partial charge in [-0.05, 0) is 31.2 Å². The third-order valence-corrected chi connectivity index (χ3v) is 4.08. The number of nitrogens with one attached hydrogen (secondary N) is 1. The van der Waals surface area contributed by atoms with E-state index in [1.54, 1.807) is 0 Å². The molecule has 2 aromatic rings. The highest BCUT2D eigenvalue weighted by molar-refractivity contribution is 5.90. The summed E-state index contributed by atoms with van der Waals surface area (Å²) in [5.41, 5.74) is 1.17. The molecule has 1 aliphatic rings. The maximum Gasteiger partial charge on any atom is 0.225 e. The molecule has 23 heavy (non-hydrogen) atoms. The second kappa shape index (κ2) is 7.72. The molecule has 1 aromatic carbocycles. The minimum atomic E-state index is -0.0165. The van der Waals surface area contributed by atoms with Crippen molar-refractivity contribution < 1.29 is 4.79 Å². The van der Waals surface area contributed by atoms with Crippen LogP contribution in [0.1, 0.15) is 31.2 Å². The van der Waals surface area contributed by atoms with Crippen molar-refractivity contribution in [2.45, 2.75) is 32.1 Å². The van der Waals surface area contributed by atoms with Gasteiger partial charge in [-0.2, -0.15) is 0 Å². The molecule has 1 aliphatic heterocycles. The first-order valence-corrected chi connectivity index (χ1v) is 8.22. The van der Waals surface area contributed by atoms with Crippen LogP contribution in [0.5, 0.6) is 0 Å². The van der Waals surface area contributed by atoms with Crippen molar-refractivity contribution in [1.82, 2.24) is 9.97 Å². The van der Waals surface area contributed by atoms with E-state index in [-0.39, 0.29) is 5.91 Å². The zero-order valence-electron chi connectivity index (χ0n) is 13.2. The Balaban J connectivity index is 1.55. The first-order valence-electron chi connectivity index (χ1n) is 8.22. The third-order valence-electron chi connectivity index (χ3n) is 4.08. The Hall–Kier alpha value is -2.43. The van der Waals surface area contributed by atoms with Crippen molar-refractivity contribution >= 4 is 17.5 Å². The van der Waals surface area contributed by atoms with Gasteiger partial charge in [-0.1, -0.05) is 30.3 Å². The van der Waals surface area contributed by atoms with Gasteiger partial charge in [0.2, 0.25) is 5.91 Å². The number of anilines is 2. The summed E-state index contributed by atoms with van der Waals surface area (Å²) in [7, 11) is 0. The standard InChI is InChI=1S/C18H22N4O/c23-18(10-9-15-7-3-1-4-8-15)21-16-13-17(20-14-19-16)22-11-5-2-6-12-22/h1,3-4,7-8,13-14H,2,5-6,9-12H2,(H,19,20,21,23).